The van der Waals surface area contributed by atoms with E-state index in [2.05, 4.69) is 20.8 Å². The van der Waals surface area contributed by atoms with E-state index >= 15 is 0 Å². The number of methoxy groups -OCH3 is 1. The van der Waals surface area contributed by atoms with Crippen molar-refractivity contribution >= 4 is 5.91 Å². The Balaban J connectivity index is 1.40. The highest BCUT2D eigenvalue weighted by molar-refractivity contribution is 5.77. The van der Waals surface area contributed by atoms with E-state index in [4.69, 9.17) is 14.0 Å². The van der Waals surface area contributed by atoms with E-state index in [1.54, 1.807) is 6.07 Å². The summed E-state index contributed by atoms with van der Waals surface area (Å²) in [5, 5.41) is 35.7. The number of hydrogen-bond acceptors (Lipinski definition) is 9. The van der Waals surface area contributed by atoms with Gasteiger partial charge in [0.2, 0.25) is 5.91 Å². The average Bonchev–Trinajstić information content (AvgIpc) is 3.58. The van der Waals surface area contributed by atoms with Crippen molar-refractivity contribution in [2.24, 2.45) is 0 Å². The zero-order chi connectivity index (χ0) is 27.0. The van der Waals surface area contributed by atoms with Gasteiger partial charge in [-0.2, -0.15) is 0 Å². The summed E-state index contributed by atoms with van der Waals surface area (Å²) in [6.45, 7) is 0.0391. The van der Waals surface area contributed by atoms with Gasteiger partial charge in [-0.15, -0.1) is 5.10 Å². The Bertz CT molecular complexity index is 1280. The lowest BCUT2D eigenvalue weighted by Gasteiger charge is -2.43. The maximum absolute atomic E-state index is 13.8. The number of carbonyl (C=O) groups is 1. The van der Waals surface area contributed by atoms with Gasteiger partial charge in [0.15, 0.2) is 17.5 Å². The fourth-order valence-corrected chi connectivity index (χ4v) is 5.04. The number of aromatic nitrogens is 4. The number of aliphatic hydroxyl groups excluding tert-OH is 2. The van der Waals surface area contributed by atoms with E-state index in [1.807, 2.05) is 0 Å². The molecule has 3 N–H and O–H groups in total. The van der Waals surface area contributed by atoms with Crippen LogP contribution in [0.1, 0.15) is 36.3 Å². The molecule has 0 saturated carbocycles. The van der Waals surface area contributed by atoms with Crippen LogP contribution in [-0.4, -0.2) is 80.9 Å². The number of nitrogens with one attached hydrogen (secondary N) is 1. The van der Waals surface area contributed by atoms with Crippen LogP contribution >= 0.6 is 0 Å². The predicted molar refractivity (Wildman–Crippen MR) is 122 cm³/mol. The minimum absolute atomic E-state index is 0.0323. The molecule has 2 fully saturated rings. The highest BCUT2D eigenvalue weighted by Gasteiger charge is 2.47. The molecule has 2 aromatic heterocycles. The van der Waals surface area contributed by atoms with Gasteiger partial charge in [0, 0.05) is 44.0 Å². The van der Waals surface area contributed by atoms with Gasteiger partial charge in [-0.3, -0.25) is 4.79 Å². The Labute approximate surface area is 214 Å². The van der Waals surface area contributed by atoms with Crippen molar-refractivity contribution in [1.82, 2.24) is 25.5 Å². The van der Waals surface area contributed by atoms with Gasteiger partial charge in [0.1, 0.15) is 35.8 Å². The zero-order valence-electron chi connectivity index (χ0n) is 20.3. The summed E-state index contributed by atoms with van der Waals surface area (Å²) < 4.78 is 59.3. The first kappa shape index (κ1) is 26.3. The number of amides is 1. The first-order chi connectivity index (χ1) is 18.3. The Morgan fingerprint density at radius 1 is 1.21 bits per heavy atom. The number of carbonyl (C=O) groups excluding carboxylic acids is 1. The van der Waals surface area contributed by atoms with Crippen LogP contribution in [0.5, 0.6) is 0 Å². The average molecular weight is 537 g/mol. The van der Waals surface area contributed by atoms with E-state index in [9.17, 15) is 28.2 Å². The largest absolute Gasteiger partial charge is 0.394 e. The van der Waals surface area contributed by atoms with Gasteiger partial charge in [-0.25, -0.2) is 17.9 Å². The van der Waals surface area contributed by atoms with Crippen molar-refractivity contribution < 1.29 is 42.2 Å². The van der Waals surface area contributed by atoms with Gasteiger partial charge < -0.3 is 29.5 Å². The van der Waals surface area contributed by atoms with Crippen LogP contribution < -0.4 is 5.32 Å². The van der Waals surface area contributed by atoms with E-state index in [0.717, 1.165) is 18.6 Å². The van der Waals surface area contributed by atoms with Crippen molar-refractivity contribution in [3.8, 4) is 11.3 Å². The number of hydrogen-bond donors (Lipinski definition) is 3. The minimum atomic E-state index is -1.60. The Kier molecular flexibility index (Phi) is 7.47. The molecule has 2 saturated heterocycles. The van der Waals surface area contributed by atoms with Crippen LogP contribution in [0.15, 0.2) is 28.9 Å². The molecule has 0 spiro atoms. The Hall–Kier alpha value is -3.33. The molecule has 0 aliphatic carbocycles. The molecular weight excluding hydrogens is 511 g/mol. The molecular formula is C24H26F3N5O6. The molecule has 14 heteroatoms. The maximum Gasteiger partial charge on any atom is 0.220 e. The third-order valence-corrected chi connectivity index (χ3v) is 6.98. The summed E-state index contributed by atoms with van der Waals surface area (Å²) in [4.78, 5) is 11.7. The summed E-state index contributed by atoms with van der Waals surface area (Å²) in [7, 11) is 1.41. The molecule has 2 aliphatic rings. The molecule has 2 aliphatic heterocycles. The normalized spacial score (nSPS) is 27.9. The molecule has 1 amide bonds. The highest BCUT2D eigenvalue weighted by atomic mass is 19.2. The summed E-state index contributed by atoms with van der Waals surface area (Å²) in [6.07, 6.45) is -1.31. The summed E-state index contributed by atoms with van der Waals surface area (Å²) in [6, 6.07) is 2.41. The summed E-state index contributed by atoms with van der Waals surface area (Å²) in [5.41, 5.74) is 0.628. The van der Waals surface area contributed by atoms with Crippen molar-refractivity contribution in [2.75, 3.05) is 20.3 Å². The van der Waals surface area contributed by atoms with Crippen molar-refractivity contribution in [1.29, 1.82) is 0 Å². The van der Waals surface area contributed by atoms with Gasteiger partial charge in [0.05, 0.1) is 24.6 Å². The molecule has 4 heterocycles. The highest BCUT2D eigenvalue weighted by Crippen LogP contribution is 2.35. The van der Waals surface area contributed by atoms with Crippen molar-refractivity contribution in [3.63, 3.8) is 0 Å². The molecule has 38 heavy (non-hydrogen) atoms. The van der Waals surface area contributed by atoms with Crippen molar-refractivity contribution in [3.05, 3.63) is 53.3 Å². The zero-order valence-corrected chi connectivity index (χ0v) is 20.3. The summed E-state index contributed by atoms with van der Waals surface area (Å²) in [5.74, 6) is -4.02. The van der Waals surface area contributed by atoms with E-state index in [1.165, 1.54) is 18.0 Å². The number of rotatable bonds is 7. The van der Waals surface area contributed by atoms with E-state index in [-0.39, 0.29) is 29.5 Å². The van der Waals surface area contributed by atoms with Gasteiger partial charge in [0.25, 0.3) is 0 Å². The van der Waals surface area contributed by atoms with Gasteiger partial charge >= 0.3 is 0 Å². The Morgan fingerprint density at radius 2 is 1.97 bits per heavy atom. The summed E-state index contributed by atoms with van der Waals surface area (Å²) >= 11 is 0. The number of ether oxygens (including phenoxy) is 2. The maximum atomic E-state index is 13.8. The minimum Gasteiger partial charge on any atom is -0.394 e. The van der Waals surface area contributed by atoms with Gasteiger partial charge in [-0.1, -0.05) is 10.4 Å². The molecule has 0 radical (unpaired) electrons. The predicted octanol–water partition coefficient (Wildman–Crippen LogP) is 1.26. The lowest BCUT2D eigenvalue weighted by molar-refractivity contribution is -0.212. The second-order valence-electron chi connectivity index (χ2n) is 9.38. The number of nitrogens with zero attached hydrogens (tertiary/aromatic N) is 4. The fraction of sp³-hybridized carbons (Fsp3) is 0.500. The van der Waals surface area contributed by atoms with E-state index < -0.39 is 54.5 Å². The van der Waals surface area contributed by atoms with E-state index in [0.29, 0.717) is 24.4 Å². The second kappa shape index (κ2) is 10.8. The molecule has 0 bridgehead atoms. The second-order valence-corrected chi connectivity index (χ2v) is 9.38. The van der Waals surface area contributed by atoms with Crippen LogP contribution in [0, 0.1) is 17.5 Å². The number of aliphatic hydroxyl groups is 2. The molecule has 1 aromatic carbocycles. The first-order valence-electron chi connectivity index (χ1n) is 12.0. The fourth-order valence-electron chi connectivity index (χ4n) is 5.04. The molecule has 6 atom stereocenters. The first-order valence-corrected chi connectivity index (χ1v) is 12.0. The van der Waals surface area contributed by atoms with Crippen LogP contribution in [0.3, 0.4) is 0 Å². The van der Waals surface area contributed by atoms with Crippen LogP contribution in [0.2, 0.25) is 0 Å². The quantitative estimate of drug-likeness (QED) is 0.380. The monoisotopic (exact) mass is 537 g/mol. The SMILES string of the molecule is CO[C@@H]1[C@@H](n2cc(-c3cc(F)c(F)c(F)c3)nn2)[C@@H](O)[C@@H](CO)O[C@@H]1Cc1cc(C2CCNC(=O)C2)no1. The van der Waals surface area contributed by atoms with Crippen LogP contribution in [0.4, 0.5) is 13.2 Å². The standard InChI is InChI=1S/C24H26F3N5O6/c1-36-24-18(8-13-7-16(30-38-13)11-2-3-28-20(34)6-11)37-19(10-33)23(35)22(24)32-9-17(29-31-32)12-4-14(25)21(27)15(26)5-12/h4-5,7,9,11,18-19,22-24,33,35H,2-3,6,8,10H2,1H3,(H,28,34)/t11?,18-,19-,22+,23+,24+/m1/s1. The molecule has 204 valence electrons. The lowest BCUT2D eigenvalue weighted by Crippen LogP contribution is -2.57. The molecule has 5 rings (SSSR count). The number of piperidine rings is 1. The van der Waals surface area contributed by atoms with Crippen LogP contribution in [-0.2, 0) is 20.7 Å². The molecule has 1 unspecified atom stereocenters. The third-order valence-electron chi connectivity index (χ3n) is 6.98. The third kappa shape index (κ3) is 5.04. The van der Waals surface area contributed by atoms with Crippen LogP contribution in [0.25, 0.3) is 11.3 Å². The topological polar surface area (TPSA) is 145 Å². The number of benzene rings is 1. The molecule has 11 nitrogen and oxygen atoms in total. The smallest absolute Gasteiger partial charge is 0.220 e. The van der Waals surface area contributed by atoms with Crippen molar-refractivity contribution in [2.45, 2.75) is 55.6 Å². The van der Waals surface area contributed by atoms with Gasteiger partial charge in [-0.05, 0) is 18.6 Å². The molecule has 3 aromatic rings. The number of halogens is 3. The Morgan fingerprint density at radius 3 is 2.66 bits per heavy atom. The lowest BCUT2D eigenvalue weighted by atomic mass is 9.90.